The molecule has 0 bridgehead atoms. The van der Waals surface area contributed by atoms with Crippen LogP contribution in [0, 0.1) is 10.1 Å². The molecule has 0 aromatic heterocycles. The zero-order valence-corrected chi connectivity index (χ0v) is 10.2. The molecule has 0 saturated heterocycles. The van der Waals surface area contributed by atoms with Crippen molar-refractivity contribution >= 4 is 11.7 Å². The zero-order chi connectivity index (χ0) is 14.3. The lowest BCUT2D eigenvalue weighted by atomic mass is 10.0. The van der Waals surface area contributed by atoms with E-state index in [-0.39, 0.29) is 18.5 Å². The third-order valence-corrected chi connectivity index (χ3v) is 2.53. The third kappa shape index (κ3) is 4.29. The average molecular weight is 264 g/mol. The van der Waals surface area contributed by atoms with Crippen LogP contribution in [0.15, 0.2) is 29.4 Å². The van der Waals surface area contributed by atoms with Crippen molar-refractivity contribution in [2.45, 2.75) is 18.9 Å². The molecule has 0 aliphatic rings. The Bertz CT molecular complexity index is 508. The van der Waals surface area contributed by atoms with Crippen LogP contribution in [-0.2, 0) is 9.53 Å². The number of carbonyl (C=O) groups excluding carboxylic acids is 1. The fraction of sp³-hybridized carbons (Fsp3) is 0.364. The molecule has 0 aliphatic carbocycles. The third-order valence-electron chi connectivity index (χ3n) is 2.53. The van der Waals surface area contributed by atoms with E-state index >= 15 is 0 Å². The van der Waals surface area contributed by atoms with E-state index < -0.39 is 16.9 Å². The van der Waals surface area contributed by atoms with Gasteiger partial charge in [0.2, 0.25) is 0 Å². The SMILES string of the molecule is COC(=O)CCC(N=[N+]=[N-])c1ccc([N+](=O)[O-])cc1. The first-order valence-electron chi connectivity index (χ1n) is 5.44. The number of hydrogen-bond donors (Lipinski definition) is 0. The number of azide groups is 1. The zero-order valence-electron chi connectivity index (χ0n) is 10.2. The van der Waals surface area contributed by atoms with Crippen molar-refractivity contribution in [3.8, 4) is 0 Å². The number of nitrogens with zero attached hydrogens (tertiary/aromatic N) is 4. The molecule has 19 heavy (non-hydrogen) atoms. The minimum absolute atomic E-state index is 0.0450. The first-order valence-corrected chi connectivity index (χ1v) is 5.44. The van der Waals surface area contributed by atoms with Gasteiger partial charge in [0.15, 0.2) is 0 Å². The summed E-state index contributed by atoms with van der Waals surface area (Å²) >= 11 is 0. The van der Waals surface area contributed by atoms with Crippen LogP contribution in [0.5, 0.6) is 0 Å². The average Bonchev–Trinajstić information content (AvgIpc) is 2.43. The van der Waals surface area contributed by atoms with E-state index in [9.17, 15) is 14.9 Å². The van der Waals surface area contributed by atoms with Gasteiger partial charge in [-0.2, -0.15) is 0 Å². The number of benzene rings is 1. The van der Waals surface area contributed by atoms with Crippen molar-refractivity contribution < 1.29 is 14.5 Å². The molecule has 0 saturated carbocycles. The molecule has 1 unspecified atom stereocenters. The Kier molecular flexibility index (Phi) is 5.31. The van der Waals surface area contributed by atoms with Gasteiger partial charge < -0.3 is 4.74 Å². The molecule has 0 N–H and O–H groups in total. The minimum Gasteiger partial charge on any atom is -0.469 e. The Balaban J connectivity index is 2.83. The van der Waals surface area contributed by atoms with Crippen LogP contribution in [0.25, 0.3) is 10.4 Å². The summed E-state index contributed by atoms with van der Waals surface area (Å²) in [7, 11) is 1.27. The normalized spacial score (nSPS) is 11.2. The highest BCUT2D eigenvalue weighted by molar-refractivity contribution is 5.69. The van der Waals surface area contributed by atoms with Gasteiger partial charge in [-0.3, -0.25) is 14.9 Å². The lowest BCUT2D eigenvalue weighted by Crippen LogP contribution is -2.03. The highest BCUT2D eigenvalue weighted by Gasteiger charge is 2.14. The fourth-order valence-electron chi connectivity index (χ4n) is 1.53. The molecule has 0 aliphatic heterocycles. The number of nitro benzene ring substituents is 1. The van der Waals surface area contributed by atoms with E-state index in [0.29, 0.717) is 5.56 Å². The van der Waals surface area contributed by atoms with Crippen LogP contribution in [0.4, 0.5) is 5.69 Å². The molecule has 0 heterocycles. The van der Waals surface area contributed by atoms with Crippen molar-refractivity contribution in [1.29, 1.82) is 0 Å². The van der Waals surface area contributed by atoms with Crippen molar-refractivity contribution in [3.05, 3.63) is 50.4 Å². The Hall–Kier alpha value is -2.60. The van der Waals surface area contributed by atoms with E-state index in [4.69, 9.17) is 5.53 Å². The summed E-state index contributed by atoms with van der Waals surface area (Å²) in [5, 5.41) is 14.1. The van der Waals surface area contributed by atoms with Crippen LogP contribution in [0.1, 0.15) is 24.4 Å². The standard InChI is InChI=1S/C11H12N4O4/c1-19-11(16)7-6-10(13-14-12)8-2-4-9(5-3-8)15(17)18/h2-5,10H,6-7H2,1H3. The largest absolute Gasteiger partial charge is 0.469 e. The summed E-state index contributed by atoms with van der Waals surface area (Å²) in [4.78, 5) is 23.8. The molecular weight excluding hydrogens is 252 g/mol. The Morgan fingerprint density at radius 1 is 1.53 bits per heavy atom. The van der Waals surface area contributed by atoms with Crippen LogP contribution < -0.4 is 0 Å². The summed E-state index contributed by atoms with van der Waals surface area (Å²) in [5.41, 5.74) is 9.07. The van der Waals surface area contributed by atoms with E-state index in [0.717, 1.165) is 0 Å². The number of rotatable bonds is 6. The quantitative estimate of drug-likeness (QED) is 0.196. The van der Waals surface area contributed by atoms with Gasteiger partial charge in [0.1, 0.15) is 0 Å². The van der Waals surface area contributed by atoms with Gasteiger partial charge in [0, 0.05) is 23.5 Å². The van der Waals surface area contributed by atoms with E-state index in [2.05, 4.69) is 14.8 Å². The van der Waals surface area contributed by atoms with Gasteiger partial charge in [-0.25, -0.2) is 0 Å². The number of carbonyl (C=O) groups is 1. The second kappa shape index (κ2) is 6.97. The summed E-state index contributed by atoms with van der Waals surface area (Å²) in [6, 6.07) is 5.12. The van der Waals surface area contributed by atoms with Crippen LogP contribution in [-0.4, -0.2) is 18.0 Å². The summed E-state index contributed by atoms with van der Waals surface area (Å²) in [6.07, 6.45) is 0.395. The molecule has 0 spiro atoms. The lowest BCUT2D eigenvalue weighted by Gasteiger charge is -2.10. The maximum atomic E-state index is 11.0. The van der Waals surface area contributed by atoms with Crippen molar-refractivity contribution in [2.24, 2.45) is 5.11 Å². The summed E-state index contributed by atoms with van der Waals surface area (Å²) < 4.78 is 4.50. The Morgan fingerprint density at radius 2 is 2.16 bits per heavy atom. The van der Waals surface area contributed by atoms with Crippen molar-refractivity contribution in [1.82, 2.24) is 0 Å². The smallest absolute Gasteiger partial charge is 0.305 e. The monoisotopic (exact) mass is 264 g/mol. The molecule has 1 atom stereocenters. The van der Waals surface area contributed by atoms with Gasteiger partial charge in [-0.1, -0.05) is 17.2 Å². The molecule has 1 aromatic rings. The molecule has 1 aromatic carbocycles. The number of non-ortho nitro benzene ring substituents is 1. The van der Waals surface area contributed by atoms with Crippen LogP contribution in [0.3, 0.4) is 0 Å². The Morgan fingerprint density at radius 3 is 2.63 bits per heavy atom. The molecule has 0 fully saturated rings. The molecule has 8 heteroatoms. The number of methoxy groups -OCH3 is 1. The predicted octanol–water partition coefficient (Wildman–Crippen LogP) is 2.90. The number of nitro groups is 1. The van der Waals surface area contributed by atoms with Gasteiger partial charge in [-0.15, -0.1) is 0 Å². The number of ether oxygens (including phenoxy) is 1. The van der Waals surface area contributed by atoms with Crippen molar-refractivity contribution in [3.63, 3.8) is 0 Å². The summed E-state index contributed by atoms with van der Waals surface area (Å²) in [5.74, 6) is -0.403. The molecule has 0 amide bonds. The highest BCUT2D eigenvalue weighted by Crippen LogP contribution is 2.25. The maximum Gasteiger partial charge on any atom is 0.305 e. The fourth-order valence-corrected chi connectivity index (χ4v) is 1.53. The molecule has 0 radical (unpaired) electrons. The van der Waals surface area contributed by atoms with Gasteiger partial charge in [0.25, 0.3) is 5.69 Å². The lowest BCUT2D eigenvalue weighted by molar-refractivity contribution is -0.384. The molecule has 8 nitrogen and oxygen atoms in total. The number of hydrogen-bond acceptors (Lipinski definition) is 5. The minimum atomic E-state index is -0.551. The molecular formula is C11H12N4O4. The van der Waals surface area contributed by atoms with Gasteiger partial charge in [0.05, 0.1) is 18.1 Å². The second-order valence-corrected chi connectivity index (χ2v) is 3.68. The van der Waals surface area contributed by atoms with Gasteiger partial charge in [-0.05, 0) is 17.5 Å². The van der Waals surface area contributed by atoms with Crippen molar-refractivity contribution in [2.75, 3.05) is 7.11 Å². The topological polar surface area (TPSA) is 118 Å². The first-order chi connectivity index (χ1) is 9.08. The van der Waals surface area contributed by atoms with E-state index in [1.807, 2.05) is 0 Å². The first kappa shape index (κ1) is 14.5. The highest BCUT2D eigenvalue weighted by atomic mass is 16.6. The summed E-state index contributed by atoms with van der Waals surface area (Å²) in [6.45, 7) is 0. The molecule has 100 valence electrons. The van der Waals surface area contributed by atoms with Crippen LogP contribution >= 0.6 is 0 Å². The number of esters is 1. The van der Waals surface area contributed by atoms with E-state index in [1.54, 1.807) is 0 Å². The molecule has 1 rings (SSSR count). The van der Waals surface area contributed by atoms with Gasteiger partial charge >= 0.3 is 5.97 Å². The maximum absolute atomic E-state index is 11.0. The second-order valence-electron chi connectivity index (χ2n) is 3.68. The Labute approximate surface area is 108 Å². The van der Waals surface area contributed by atoms with Crippen LogP contribution in [0.2, 0.25) is 0 Å². The van der Waals surface area contributed by atoms with E-state index in [1.165, 1.54) is 31.4 Å². The predicted molar refractivity (Wildman–Crippen MR) is 66.2 cm³/mol.